The molecule has 0 aliphatic rings. The molecule has 1 aromatic carbocycles. The van der Waals surface area contributed by atoms with Crippen molar-refractivity contribution in [3.8, 4) is 0 Å². The Kier molecular flexibility index (Phi) is 2.84. The molecular formula is C7H4BrClF2. The maximum absolute atomic E-state index is 12.7. The van der Waals surface area contributed by atoms with Gasteiger partial charge in [-0.05, 0) is 12.1 Å². The number of rotatable bonds is 1. The maximum atomic E-state index is 12.7. The van der Waals surface area contributed by atoms with Gasteiger partial charge in [0.2, 0.25) is 0 Å². The topological polar surface area (TPSA) is 0 Å². The molecule has 0 heterocycles. The number of benzene rings is 1. The molecule has 0 spiro atoms. The largest absolute Gasteiger partial charge is 0.204 e. The summed E-state index contributed by atoms with van der Waals surface area (Å²) < 4.78 is 25.8. The molecule has 1 rings (SSSR count). The summed E-state index contributed by atoms with van der Waals surface area (Å²) in [6.45, 7) is 0. The normalized spacial score (nSPS) is 10.2. The minimum atomic E-state index is -0.880. The van der Waals surface area contributed by atoms with E-state index in [4.69, 9.17) is 11.6 Å². The first-order valence-corrected chi connectivity index (χ1v) is 4.17. The third kappa shape index (κ3) is 1.91. The molecule has 0 amide bonds. The van der Waals surface area contributed by atoms with Crippen molar-refractivity contribution >= 4 is 27.5 Å². The van der Waals surface area contributed by atoms with E-state index in [9.17, 15) is 8.78 Å². The molecule has 0 saturated heterocycles. The van der Waals surface area contributed by atoms with Crippen LogP contribution in [0.4, 0.5) is 8.78 Å². The highest BCUT2D eigenvalue weighted by Crippen LogP contribution is 2.20. The third-order valence-corrected chi connectivity index (χ3v) is 1.96. The SMILES string of the molecule is Fc1cc(Br)cc(CCl)c1F. The molecule has 0 saturated carbocycles. The van der Waals surface area contributed by atoms with Crippen molar-refractivity contribution in [3.63, 3.8) is 0 Å². The smallest absolute Gasteiger partial charge is 0.163 e. The second-order valence-corrected chi connectivity index (χ2v) is 3.18. The van der Waals surface area contributed by atoms with E-state index < -0.39 is 11.6 Å². The molecule has 0 nitrogen and oxygen atoms in total. The minimum absolute atomic E-state index is 0.0256. The van der Waals surface area contributed by atoms with Crippen LogP contribution in [0.2, 0.25) is 0 Å². The van der Waals surface area contributed by atoms with Gasteiger partial charge in [0.15, 0.2) is 11.6 Å². The van der Waals surface area contributed by atoms with Crippen molar-refractivity contribution in [2.75, 3.05) is 0 Å². The van der Waals surface area contributed by atoms with E-state index >= 15 is 0 Å². The molecule has 0 unspecified atom stereocenters. The van der Waals surface area contributed by atoms with Crippen LogP contribution in [-0.2, 0) is 5.88 Å². The predicted octanol–water partition coefficient (Wildman–Crippen LogP) is 3.47. The summed E-state index contributed by atoms with van der Waals surface area (Å²) in [4.78, 5) is 0. The maximum Gasteiger partial charge on any atom is 0.163 e. The lowest BCUT2D eigenvalue weighted by atomic mass is 10.2. The molecule has 0 bridgehead atoms. The zero-order chi connectivity index (χ0) is 8.43. The van der Waals surface area contributed by atoms with Gasteiger partial charge in [0.1, 0.15) is 0 Å². The summed E-state index contributed by atoms with van der Waals surface area (Å²) >= 11 is 8.37. The van der Waals surface area contributed by atoms with Gasteiger partial charge >= 0.3 is 0 Å². The quantitative estimate of drug-likeness (QED) is 0.522. The highest BCUT2D eigenvalue weighted by atomic mass is 79.9. The first-order valence-electron chi connectivity index (χ1n) is 2.84. The van der Waals surface area contributed by atoms with Crippen LogP contribution in [0, 0.1) is 11.6 Å². The van der Waals surface area contributed by atoms with Crippen LogP contribution in [0.5, 0.6) is 0 Å². The van der Waals surface area contributed by atoms with Crippen LogP contribution in [0.15, 0.2) is 16.6 Å². The fourth-order valence-corrected chi connectivity index (χ4v) is 1.38. The Morgan fingerprint density at radius 1 is 1.36 bits per heavy atom. The zero-order valence-electron chi connectivity index (χ0n) is 5.37. The van der Waals surface area contributed by atoms with E-state index in [0.717, 1.165) is 6.07 Å². The Bertz CT molecular complexity index is 275. The first-order chi connectivity index (χ1) is 5.15. The van der Waals surface area contributed by atoms with Crippen molar-refractivity contribution < 1.29 is 8.78 Å². The Hall–Kier alpha value is -0.150. The van der Waals surface area contributed by atoms with Gasteiger partial charge in [-0.3, -0.25) is 0 Å². The van der Waals surface area contributed by atoms with Gasteiger partial charge in [-0.25, -0.2) is 8.78 Å². The average molecular weight is 241 g/mol. The molecule has 0 aliphatic carbocycles. The summed E-state index contributed by atoms with van der Waals surface area (Å²) in [6, 6.07) is 2.51. The second-order valence-electron chi connectivity index (χ2n) is 1.99. The van der Waals surface area contributed by atoms with Gasteiger partial charge in [-0.2, -0.15) is 0 Å². The molecular weight excluding hydrogens is 237 g/mol. The highest BCUT2D eigenvalue weighted by Gasteiger charge is 2.07. The summed E-state index contributed by atoms with van der Waals surface area (Å²) in [6.07, 6.45) is 0. The fraction of sp³-hybridized carbons (Fsp3) is 0.143. The van der Waals surface area contributed by atoms with Crippen LogP contribution in [0.3, 0.4) is 0 Å². The van der Waals surface area contributed by atoms with Crippen molar-refractivity contribution in [2.24, 2.45) is 0 Å². The van der Waals surface area contributed by atoms with Crippen molar-refractivity contribution in [1.29, 1.82) is 0 Å². The molecule has 0 aromatic heterocycles. The first kappa shape index (κ1) is 8.94. The average Bonchev–Trinajstić information content (AvgIpc) is 1.96. The van der Waals surface area contributed by atoms with Gasteiger partial charge < -0.3 is 0 Å². The molecule has 60 valence electrons. The lowest BCUT2D eigenvalue weighted by Gasteiger charge is -1.99. The molecule has 0 fully saturated rings. The molecule has 0 aliphatic heterocycles. The molecule has 0 N–H and O–H groups in total. The molecule has 0 atom stereocenters. The number of hydrogen-bond acceptors (Lipinski definition) is 0. The van der Waals surface area contributed by atoms with Crippen LogP contribution < -0.4 is 0 Å². The van der Waals surface area contributed by atoms with Gasteiger partial charge in [0.05, 0.1) is 5.88 Å². The summed E-state index contributed by atoms with van der Waals surface area (Å²) in [7, 11) is 0. The zero-order valence-corrected chi connectivity index (χ0v) is 7.72. The van der Waals surface area contributed by atoms with Crippen LogP contribution in [0.25, 0.3) is 0 Å². The third-order valence-electron chi connectivity index (χ3n) is 1.21. The van der Waals surface area contributed by atoms with Gasteiger partial charge in [0.25, 0.3) is 0 Å². The van der Waals surface area contributed by atoms with E-state index in [1.165, 1.54) is 6.07 Å². The Morgan fingerprint density at radius 3 is 2.55 bits per heavy atom. The van der Waals surface area contributed by atoms with Crippen molar-refractivity contribution in [3.05, 3.63) is 33.8 Å². The Labute approximate surface area is 76.3 Å². The molecule has 4 heteroatoms. The molecule has 1 aromatic rings. The predicted molar refractivity (Wildman–Crippen MR) is 43.6 cm³/mol. The van der Waals surface area contributed by atoms with Crippen LogP contribution in [-0.4, -0.2) is 0 Å². The molecule has 0 radical (unpaired) electrons. The lowest BCUT2D eigenvalue weighted by Crippen LogP contribution is -1.91. The summed E-state index contributed by atoms with van der Waals surface area (Å²) in [5.74, 6) is -1.78. The van der Waals surface area contributed by atoms with Gasteiger partial charge in [0, 0.05) is 10.0 Å². The van der Waals surface area contributed by atoms with Crippen LogP contribution >= 0.6 is 27.5 Å². The van der Waals surface area contributed by atoms with Crippen molar-refractivity contribution in [1.82, 2.24) is 0 Å². The monoisotopic (exact) mass is 240 g/mol. The van der Waals surface area contributed by atoms with E-state index in [0.29, 0.717) is 4.47 Å². The standard InChI is InChI=1S/C7H4BrClF2/c8-5-1-4(3-9)7(11)6(10)2-5/h1-2H,3H2. The van der Waals surface area contributed by atoms with E-state index in [1.54, 1.807) is 0 Å². The van der Waals surface area contributed by atoms with Gasteiger partial charge in [-0.15, -0.1) is 11.6 Å². The van der Waals surface area contributed by atoms with E-state index in [-0.39, 0.29) is 11.4 Å². The lowest BCUT2D eigenvalue weighted by molar-refractivity contribution is 0.501. The van der Waals surface area contributed by atoms with E-state index in [2.05, 4.69) is 15.9 Å². The fourth-order valence-electron chi connectivity index (χ4n) is 0.707. The Balaban J connectivity index is 3.24. The number of hydrogen-bond donors (Lipinski definition) is 0. The van der Waals surface area contributed by atoms with E-state index in [1.807, 2.05) is 0 Å². The summed E-state index contributed by atoms with van der Waals surface area (Å²) in [5.41, 5.74) is 0.165. The van der Waals surface area contributed by atoms with Gasteiger partial charge in [-0.1, -0.05) is 15.9 Å². The second kappa shape index (κ2) is 3.50. The Morgan fingerprint density at radius 2 is 2.00 bits per heavy atom. The minimum Gasteiger partial charge on any atom is -0.204 e. The summed E-state index contributed by atoms with van der Waals surface area (Å²) in [5, 5.41) is 0. The number of halogens is 4. The number of alkyl halides is 1. The highest BCUT2D eigenvalue weighted by molar-refractivity contribution is 9.10. The van der Waals surface area contributed by atoms with Crippen molar-refractivity contribution in [2.45, 2.75) is 5.88 Å². The van der Waals surface area contributed by atoms with Crippen LogP contribution in [0.1, 0.15) is 5.56 Å². The molecule has 11 heavy (non-hydrogen) atoms.